The van der Waals surface area contributed by atoms with Gasteiger partial charge in [-0.05, 0) is 25.1 Å². The number of hydrogen-bond donors (Lipinski definition) is 1. The van der Waals surface area contributed by atoms with Gasteiger partial charge in [0.25, 0.3) is 0 Å². The number of likely N-dealkylation sites (N-methyl/N-ethyl adjacent to an activating group) is 1. The number of ether oxygens (including phenoxy) is 1. The molecule has 0 aliphatic carbocycles. The van der Waals surface area contributed by atoms with Crippen LogP contribution in [0.1, 0.15) is 13.8 Å². The van der Waals surface area contributed by atoms with Crippen molar-refractivity contribution in [2.75, 3.05) is 13.6 Å². The monoisotopic (exact) mass is 227 g/mol. The Hall–Kier alpha value is -0.730. The molecule has 0 bridgehead atoms. The lowest BCUT2D eigenvalue weighted by molar-refractivity contribution is 0.151. The van der Waals surface area contributed by atoms with Crippen LogP contribution in [-0.4, -0.2) is 19.7 Å². The number of para-hydroxylation sites is 1. The summed E-state index contributed by atoms with van der Waals surface area (Å²) in [6.07, 6.45) is 0.148. The molecule has 0 aliphatic rings. The molecule has 1 rings (SSSR count). The van der Waals surface area contributed by atoms with Gasteiger partial charge in [0, 0.05) is 6.54 Å². The van der Waals surface area contributed by atoms with Crippen LogP contribution in [0.5, 0.6) is 5.75 Å². The van der Waals surface area contributed by atoms with Gasteiger partial charge >= 0.3 is 0 Å². The van der Waals surface area contributed by atoms with Gasteiger partial charge in [0.15, 0.2) is 0 Å². The summed E-state index contributed by atoms with van der Waals surface area (Å²) in [6.45, 7) is 5.10. The fraction of sp³-hybridized carbons (Fsp3) is 0.500. The lowest BCUT2D eigenvalue weighted by atomic mass is 10.1. The van der Waals surface area contributed by atoms with E-state index in [4.69, 9.17) is 16.3 Å². The molecule has 0 aliphatic heterocycles. The van der Waals surface area contributed by atoms with Crippen LogP contribution in [0.3, 0.4) is 0 Å². The van der Waals surface area contributed by atoms with Gasteiger partial charge in [-0.15, -0.1) is 0 Å². The molecule has 0 aromatic heterocycles. The zero-order valence-corrected chi connectivity index (χ0v) is 10.2. The van der Waals surface area contributed by atoms with Crippen molar-refractivity contribution in [3.05, 3.63) is 29.3 Å². The summed E-state index contributed by atoms with van der Waals surface area (Å²) in [5.41, 5.74) is 0. The highest BCUT2D eigenvalue weighted by Crippen LogP contribution is 2.25. The van der Waals surface area contributed by atoms with Gasteiger partial charge in [-0.25, -0.2) is 0 Å². The van der Waals surface area contributed by atoms with Crippen LogP contribution in [0.4, 0.5) is 0 Å². The van der Waals surface area contributed by atoms with E-state index in [2.05, 4.69) is 19.2 Å². The third kappa shape index (κ3) is 3.73. The number of nitrogens with one attached hydrogen (secondary N) is 1. The van der Waals surface area contributed by atoms with Gasteiger partial charge in [-0.1, -0.05) is 37.6 Å². The second kappa shape index (κ2) is 5.99. The summed E-state index contributed by atoms with van der Waals surface area (Å²) in [6, 6.07) is 7.57. The molecule has 1 atom stereocenters. The molecule has 1 aromatic rings. The smallest absolute Gasteiger partial charge is 0.138 e. The van der Waals surface area contributed by atoms with E-state index < -0.39 is 0 Å². The largest absolute Gasteiger partial charge is 0.487 e. The molecule has 1 aromatic carbocycles. The fourth-order valence-electron chi connectivity index (χ4n) is 1.32. The van der Waals surface area contributed by atoms with E-state index in [1.165, 1.54) is 0 Å². The van der Waals surface area contributed by atoms with Crippen LogP contribution >= 0.6 is 11.6 Å². The Bertz CT molecular complexity index is 301. The van der Waals surface area contributed by atoms with Crippen LogP contribution < -0.4 is 10.1 Å². The van der Waals surface area contributed by atoms with E-state index in [1.54, 1.807) is 0 Å². The van der Waals surface area contributed by atoms with Crippen LogP contribution in [-0.2, 0) is 0 Å². The predicted molar refractivity (Wildman–Crippen MR) is 64.6 cm³/mol. The van der Waals surface area contributed by atoms with Gasteiger partial charge in [-0.3, -0.25) is 0 Å². The van der Waals surface area contributed by atoms with Crippen molar-refractivity contribution < 1.29 is 4.74 Å². The number of halogens is 1. The molecular weight excluding hydrogens is 210 g/mol. The lowest BCUT2D eigenvalue weighted by Gasteiger charge is -2.22. The highest BCUT2D eigenvalue weighted by Gasteiger charge is 2.15. The number of benzene rings is 1. The van der Waals surface area contributed by atoms with E-state index in [9.17, 15) is 0 Å². The molecule has 2 nitrogen and oxygen atoms in total. The first-order valence-corrected chi connectivity index (χ1v) is 5.58. The SMILES string of the molecule is CNCC(Oc1ccccc1Cl)C(C)C. The fourth-order valence-corrected chi connectivity index (χ4v) is 1.50. The summed E-state index contributed by atoms with van der Waals surface area (Å²) in [5.74, 6) is 1.21. The van der Waals surface area contributed by atoms with Gasteiger partial charge in [-0.2, -0.15) is 0 Å². The van der Waals surface area contributed by atoms with Crippen molar-refractivity contribution in [1.82, 2.24) is 5.32 Å². The van der Waals surface area contributed by atoms with Gasteiger partial charge in [0.05, 0.1) is 5.02 Å². The van der Waals surface area contributed by atoms with Crippen LogP contribution in [0, 0.1) is 5.92 Å². The van der Waals surface area contributed by atoms with Gasteiger partial charge < -0.3 is 10.1 Å². The molecule has 0 fully saturated rings. The Morgan fingerprint density at radius 1 is 1.33 bits per heavy atom. The molecule has 0 spiro atoms. The minimum Gasteiger partial charge on any atom is -0.487 e. The Morgan fingerprint density at radius 2 is 2.00 bits per heavy atom. The normalized spacial score (nSPS) is 12.9. The standard InChI is InChI=1S/C12H18ClNO/c1-9(2)12(8-14-3)15-11-7-5-4-6-10(11)13/h4-7,9,12,14H,8H2,1-3H3. The van der Waals surface area contributed by atoms with Gasteiger partial charge in [0.1, 0.15) is 11.9 Å². The molecular formula is C12H18ClNO. The predicted octanol–water partition coefficient (Wildman–Crippen LogP) is 2.96. The van der Waals surface area contributed by atoms with Crippen molar-refractivity contribution in [1.29, 1.82) is 0 Å². The van der Waals surface area contributed by atoms with Gasteiger partial charge in [0.2, 0.25) is 0 Å². The molecule has 0 heterocycles. The Balaban J connectivity index is 2.69. The second-order valence-electron chi connectivity index (χ2n) is 3.89. The molecule has 3 heteroatoms. The molecule has 0 saturated carbocycles. The summed E-state index contributed by atoms with van der Waals surface area (Å²) in [7, 11) is 1.92. The van der Waals surface area contributed by atoms with Crippen LogP contribution in [0.15, 0.2) is 24.3 Å². The van der Waals surface area contributed by atoms with E-state index in [0.717, 1.165) is 12.3 Å². The van der Waals surface area contributed by atoms with E-state index in [0.29, 0.717) is 10.9 Å². The van der Waals surface area contributed by atoms with E-state index in [1.807, 2.05) is 31.3 Å². The average molecular weight is 228 g/mol. The maximum Gasteiger partial charge on any atom is 0.138 e. The molecule has 15 heavy (non-hydrogen) atoms. The highest BCUT2D eigenvalue weighted by atomic mass is 35.5. The topological polar surface area (TPSA) is 21.3 Å². The Morgan fingerprint density at radius 3 is 2.53 bits per heavy atom. The zero-order chi connectivity index (χ0) is 11.3. The maximum atomic E-state index is 6.03. The lowest BCUT2D eigenvalue weighted by Crippen LogP contribution is -2.33. The average Bonchev–Trinajstić information content (AvgIpc) is 2.20. The van der Waals surface area contributed by atoms with Crippen LogP contribution in [0.2, 0.25) is 5.02 Å². The van der Waals surface area contributed by atoms with E-state index >= 15 is 0 Å². The minimum absolute atomic E-state index is 0.148. The summed E-state index contributed by atoms with van der Waals surface area (Å²) in [4.78, 5) is 0. The summed E-state index contributed by atoms with van der Waals surface area (Å²) < 4.78 is 5.85. The first-order valence-electron chi connectivity index (χ1n) is 5.21. The third-order valence-corrected chi connectivity index (χ3v) is 2.58. The Kier molecular flexibility index (Phi) is 4.92. The van der Waals surface area contributed by atoms with Crippen molar-refractivity contribution >= 4 is 11.6 Å². The van der Waals surface area contributed by atoms with Crippen molar-refractivity contribution in [3.8, 4) is 5.75 Å². The van der Waals surface area contributed by atoms with Crippen molar-refractivity contribution in [2.45, 2.75) is 20.0 Å². The summed E-state index contributed by atoms with van der Waals surface area (Å²) in [5, 5.41) is 3.79. The second-order valence-corrected chi connectivity index (χ2v) is 4.30. The Labute approximate surface area is 96.6 Å². The molecule has 84 valence electrons. The summed E-state index contributed by atoms with van der Waals surface area (Å²) >= 11 is 6.03. The highest BCUT2D eigenvalue weighted by molar-refractivity contribution is 6.32. The molecule has 1 unspecified atom stereocenters. The third-order valence-electron chi connectivity index (χ3n) is 2.26. The van der Waals surface area contributed by atoms with Crippen LogP contribution in [0.25, 0.3) is 0 Å². The number of hydrogen-bond acceptors (Lipinski definition) is 2. The van der Waals surface area contributed by atoms with E-state index in [-0.39, 0.29) is 6.10 Å². The molecule has 0 saturated heterocycles. The minimum atomic E-state index is 0.148. The molecule has 0 amide bonds. The first-order chi connectivity index (χ1) is 7.15. The number of rotatable bonds is 5. The van der Waals surface area contributed by atoms with Crippen molar-refractivity contribution in [3.63, 3.8) is 0 Å². The molecule has 0 radical (unpaired) electrons. The maximum absolute atomic E-state index is 6.03. The van der Waals surface area contributed by atoms with Crippen molar-refractivity contribution in [2.24, 2.45) is 5.92 Å². The molecule has 1 N–H and O–H groups in total. The quantitative estimate of drug-likeness (QED) is 0.835. The first kappa shape index (κ1) is 12.3. The zero-order valence-electron chi connectivity index (χ0n) is 9.46.